The van der Waals surface area contributed by atoms with E-state index in [1.165, 1.54) is 63.9 Å². The first-order valence-corrected chi connectivity index (χ1v) is 12.2. The number of fused-ring (bicyclic) bond motifs is 2. The molecule has 2 aliphatic heterocycles. The number of benzene rings is 2. The maximum absolute atomic E-state index is 3.80. The second-order valence-electron chi connectivity index (χ2n) is 7.80. The van der Waals surface area contributed by atoms with Crippen LogP contribution in [-0.2, 0) is 0 Å². The number of aryl methyl sites for hydroxylation is 1. The Kier molecular flexibility index (Phi) is 6.05. The van der Waals surface area contributed by atoms with Crippen molar-refractivity contribution >= 4 is 34.9 Å². The van der Waals surface area contributed by atoms with Crippen LogP contribution in [0.3, 0.4) is 0 Å². The Hall–Kier alpha value is -1.10. The van der Waals surface area contributed by atoms with Crippen LogP contribution in [-0.4, -0.2) is 25.4 Å². The van der Waals surface area contributed by atoms with Crippen molar-refractivity contribution in [1.82, 2.24) is 5.32 Å². The zero-order valence-electron chi connectivity index (χ0n) is 16.6. The van der Waals surface area contributed by atoms with Crippen LogP contribution in [0.5, 0.6) is 0 Å². The Labute approximate surface area is 172 Å². The van der Waals surface area contributed by atoms with Gasteiger partial charge in [-0.25, -0.2) is 0 Å². The van der Waals surface area contributed by atoms with E-state index >= 15 is 0 Å². The van der Waals surface area contributed by atoms with Gasteiger partial charge in [-0.2, -0.15) is 0 Å². The standard InChI is InChI=1S/C23H30N2S2/c1-4-17-6-7-18(24-15-17)11-12-25-20-9-5-16(2)13-23(20)27-22-10-8-19(26-3)14-21(22)25/h5,8-10,13-14,17-18,24H,4,6-7,11-12,15H2,1-3H3. The molecule has 0 spiro atoms. The zero-order valence-corrected chi connectivity index (χ0v) is 18.3. The lowest BCUT2D eigenvalue weighted by molar-refractivity contribution is 0.296. The summed E-state index contributed by atoms with van der Waals surface area (Å²) in [5, 5.41) is 3.80. The molecule has 0 aromatic heterocycles. The van der Waals surface area contributed by atoms with Crippen LogP contribution in [0.25, 0.3) is 0 Å². The van der Waals surface area contributed by atoms with Gasteiger partial charge >= 0.3 is 0 Å². The minimum atomic E-state index is 0.656. The molecule has 2 aromatic carbocycles. The number of thioether (sulfide) groups is 1. The fraction of sp³-hybridized carbons (Fsp3) is 0.478. The van der Waals surface area contributed by atoms with Gasteiger partial charge < -0.3 is 10.2 Å². The third kappa shape index (κ3) is 4.18. The lowest BCUT2D eigenvalue weighted by Gasteiger charge is -2.36. The highest BCUT2D eigenvalue weighted by molar-refractivity contribution is 8.00. The van der Waals surface area contributed by atoms with E-state index in [0.29, 0.717) is 6.04 Å². The van der Waals surface area contributed by atoms with Gasteiger partial charge in [0.1, 0.15) is 0 Å². The average Bonchev–Trinajstić information content (AvgIpc) is 2.71. The number of anilines is 2. The molecule has 4 rings (SSSR count). The van der Waals surface area contributed by atoms with Crippen molar-refractivity contribution < 1.29 is 0 Å². The quantitative estimate of drug-likeness (QED) is 0.579. The van der Waals surface area contributed by atoms with E-state index < -0.39 is 0 Å². The lowest BCUT2D eigenvalue weighted by atomic mass is 9.91. The van der Waals surface area contributed by atoms with Gasteiger partial charge in [0, 0.05) is 27.3 Å². The second-order valence-corrected chi connectivity index (χ2v) is 9.77. The van der Waals surface area contributed by atoms with Crippen LogP contribution in [0.15, 0.2) is 51.1 Å². The Morgan fingerprint density at radius 3 is 2.74 bits per heavy atom. The van der Waals surface area contributed by atoms with Crippen LogP contribution in [0.4, 0.5) is 11.4 Å². The molecule has 0 radical (unpaired) electrons. The smallest absolute Gasteiger partial charge is 0.0564 e. The topological polar surface area (TPSA) is 15.3 Å². The van der Waals surface area contributed by atoms with Crippen molar-refractivity contribution in [3.05, 3.63) is 42.0 Å². The summed E-state index contributed by atoms with van der Waals surface area (Å²) in [4.78, 5) is 6.68. The van der Waals surface area contributed by atoms with Gasteiger partial charge in [-0.1, -0.05) is 31.2 Å². The Balaban J connectivity index is 1.57. The highest BCUT2D eigenvalue weighted by atomic mass is 32.2. The van der Waals surface area contributed by atoms with Crippen molar-refractivity contribution in [1.29, 1.82) is 0 Å². The van der Waals surface area contributed by atoms with Gasteiger partial charge in [-0.3, -0.25) is 0 Å². The molecule has 1 fully saturated rings. The van der Waals surface area contributed by atoms with Gasteiger partial charge in [0.2, 0.25) is 0 Å². The van der Waals surface area contributed by atoms with Crippen LogP contribution >= 0.6 is 23.5 Å². The summed E-state index contributed by atoms with van der Waals surface area (Å²) < 4.78 is 0. The Morgan fingerprint density at radius 2 is 2.00 bits per heavy atom. The number of nitrogens with zero attached hydrogens (tertiary/aromatic N) is 1. The molecule has 2 atom stereocenters. The fourth-order valence-corrected chi connectivity index (χ4v) is 5.80. The SMILES string of the molecule is CCC1CCC(CCN2c3ccc(C)cc3Sc3ccc(SC)cc32)NC1. The zero-order chi connectivity index (χ0) is 18.8. The normalized spacial score (nSPS) is 21.7. The van der Waals surface area contributed by atoms with Crippen LogP contribution in [0.2, 0.25) is 0 Å². The average molecular weight is 399 g/mol. The minimum Gasteiger partial charge on any atom is -0.340 e. The molecule has 2 aliphatic rings. The summed E-state index contributed by atoms with van der Waals surface area (Å²) in [6, 6.07) is 14.5. The number of hydrogen-bond acceptors (Lipinski definition) is 4. The van der Waals surface area contributed by atoms with Crippen molar-refractivity contribution in [3.63, 3.8) is 0 Å². The van der Waals surface area contributed by atoms with E-state index in [2.05, 4.69) is 66.7 Å². The summed E-state index contributed by atoms with van der Waals surface area (Å²) in [5.74, 6) is 0.876. The molecule has 0 aliphatic carbocycles. The van der Waals surface area contributed by atoms with Gasteiger partial charge in [0.15, 0.2) is 0 Å². The summed E-state index contributed by atoms with van der Waals surface area (Å²) >= 11 is 3.75. The maximum atomic E-state index is 3.80. The molecule has 2 aromatic rings. The van der Waals surface area contributed by atoms with Crippen molar-refractivity contribution in [3.8, 4) is 0 Å². The molecule has 0 saturated carbocycles. The van der Waals surface area contributed by atoms with Crippen LogP contribution in [0.1, 0.15) is 38.2 Å². The predicted octanol–water partition coefficient (Wildman–Crippen LogP) is 6.49. The number of piperidine rings is 1. The molecule has 4 heteroatoms. The van der Waals surface area contributed by atoms with E-state index in [1.807, 2.05) is 23.5 Å². The van der Waals surface area contributed by atoms with Crippen LogP contribution in [0, 0.1) is 12.8 Å². The summed E-state index contributed by atoms with van der Waals surface area (Å²) in [7, 11) is 0. The van der Waals surface area contributed by atoms with Crippen LogP contribution < -0.4 is 10.2 Å². The van der Waals surface area contributed by atoms with Crippen molar-refractivity contribution in [2.24, 2.45) is 5.92 Å². The Bertz CT molecular complexity index is 797. The van der Waals surface area contributed by atoms with Gasteiger partial charge in [0.25, 0.3) is 0 Å². The molecule has 2 unspecified atom stereocenters. The summed E-state index contributed by atoms with van der Waals surface area (Å²) in [6.07, 6.45) is 7.37. The van der Waals surface area contributed by atoms with Crippen molar-refractivity contribution in [2.75, 3.05) is 24.2 Å². The number of hydrogen-bond donors (Lipinski definition) is 1. The summed E-state index contributed by atoms with van der Waals surface area (Å²) in [6.45, 7) is 6.78. The van der Waals surface area contributed by atoms with E-state index in [-0.39, 0.29) is 0 Å². The van der Waals surface area contributed by atoms with Gasteiger partial charge in [0.05, 0.1) is 11.4 Å². The number of nitrogens with one attached hydrogen (secondary N) is 1. The minimum absolute atomic E-state index is 0.656. The molecule has 27 heavy (non-hydrogen) atoms. The molecular weight excluding hydrogens is 368 g/mol. The summed E-state index contributed by atoms with van der Waals surface area (Å²) in [5.41, 5.74) is 4.09. The second kappa shape index (κ2) is 8.50. The first-order valence-electron chi connectivity index (χ1n) is 10.2. The molecule has 2 nitrogen and oxygen atoms in total. The van der Waals surface area contributed by atoms with E-state index in [9.17, 15) is 0 Å². The highest BCUT2D eigenvalue weighted by Crippen LogP contribution is 2.49. The lowest BCUT2D eigenvalue weighted by Crippen LogP contribution is -2.40. The Morgan fingerprint density at radius 1 is 1.11 bits per heavy atom. The fourth-order valence-electron chi connectivity index (χ4n) is 4.19. The monoisotopic (exact) mass is 398 g/mol. The molecule has 1 N–H and O–H groups in total. The van der Waals surface area contributed by atoms with Gasteiger partial charge in [-0.15, -0.1) is 11.8 Å². The van der Waals surface area contributed by atoms with E-state index in [4.69, 9.17) is 0 Å². The third-order valence-corrected chi connectivity index (χ3v) is 7.82. The molecule has 0 amide bonds. The molecule has 2 heterocycles. The molecule has 144 valence electrons. The molecule has 1 saturated heterocycles. The largest absolute Gasteiger partial charge is 0.340 e. The third-order valence-electron chi connectivity index (χ3n) is 5.98. The maximum Gasteiger partial charge on any atom is 0.0564 e. The van der Waals surface area contributed by atoms with E-state index in [1.54, 1.807) is 0 Å². The first-order chi connectivity index (χ1) is 13.2. The highest BCUT2D eigenvalue weighted by Gasteiger charge is 2.26. The number of rotatable bonds is 5. The molecule has 0 bridgehead atoms. The van der Waals surface area contributed by atoms with E-state index in [0.717, 1.165) is 12.5 Å². The predicted molar refractivity (Wildman–Crippen MR) is 120 cm³/mol. The van der Waals surface area contributed by atoms with Crippen molar-refractivity contribution in [2.45, 2.75) is 60.3 Å². The van der Waals surface area contributed by atoms with Gasteiger partial charge in [-0.05, 0) is 80.8 Å². The molecular formula is C23H30N2S2. The first kappa shape index (κ1) is 19.2.